The van der Waals surface area contributed by atoms with Gasteiger partial charge in [0.05, 0.1) is 6.04 Å². The van der Waals surface area contributed by atoms with E-state index in [4.69, 9.17) is 0 Å². The van der Waals surface area contributed by atoms with Crippen molar-refractivity contribution in [1.82, 2.24) is 10.3 Å². The summed E-state index contributed by atoms with van der Waals surface area (Å²) < 4.78 is 0. The van der Waals surface area contributed by atoms with Crippen LogP contribution in [0.5, 0.6) is 0 Å². The molecule has 0 bridgehead atoms. The number of aryl methyl sites for hydroxylation is 1. The molecule has 0 aliphatic carbocycles. The van der Waals surface area contributed by atoms with E-state index in [1.807, 2.05) is 26.0 Å². The highest BCUT2D eigenvalue weighted by Crippen LogP contribution is 2.22. The van der Waals surface area contributed by atoms with Gasteiger partial charge in [-0.05, 0) is 32.0 Å². The SMILES string of the molecule is Cc1ccc(C(C)NC(=O)c2cc[nH]c(=O)c2)s1. The molecule has 0 fully saturated rings. The van der Waals surface area contributed by atoms with Crippen LogP contribution in [0.2, 0.25) is 0 Å². The first kappa shape index (κ1) is 12.6. The highest BCUT2D eigenvalue weighted by atomic mass is 32.1. The predicted octanol–water partition coefficient (Wildman–Crippen LogP) is 2.24. The Hall–Kier alpha value is -1.88. The maximum atomic E-state index is 11.9. The van der Waals surface area contributed by atoms with Gasteiger partial charge in [0, 0.05) is 27.6 Å². The zero-order valence-electron chi connectivity index (χ0n) is 10.2. The first-order valence-corrected chi connectivity index (χ1v) is 6.44. The Morgan fingerprint density at radius 2 is 2.17 bits per heavy atom. The number of amides is 1. The first-order valence-electron chi connectivity index (χ1n) is 5.62. The van der Waals surface area contributed by atoms with E-state index in [0.717, 1.165) is 4.88 Å². The lowest BCUT2D eigenvalue weighted by Gasteiger charge is -2.11. The van der Waals surface area contributed by atoms with Crippen molar-refractivity contribution >= 4 is 17.2 Å². The summed E-state index contributed by atoms with van der Waals surface area (Å²) in [4.78, 5) is 27.8. The molecule has 0 aliphatic heterocycles. The molecule has 0 radical (unpaired) electrons. The minimum absolute atomic E-state index is 0.0597. The third-order valence-electron chi connectivity index (χ3n) is 2.57. The van der Waals surface area contributed by atoms with Crippen molar-refractivity contribution < 1.29 is 4.79 Å². The minimum atomic E-state index is -0.276. The molecule has 0 aliphatic rings. The molecular weight excluding hydrogens is 248 g/mol. The zero-order valence-corrected chi connectivity index (χ0v) is 11.0. The van der Waals surface area contributed by atoms with Gasteiger partial charge in [-0.2, -0.15) is 0 Å². The van der Waals surface area contributed by atoms with Gasteiger partial charge < -0.3 is 10.3 Å². The van der Waals surface area contributed by atoms with Gasteiger partial charge in [-0.1, -0.05) is 0 Å². The van der Waals surface area contributed by atoms with Gasteiger partial charge in [0.15, 0.2) is 0 Å². The lowest BCUT2D eigenvalue weighted by Crippen LogP contribution is -2.27. The fourth-order valence-electron chi connectivity index (χ4n) is 1.62. The van der Waals surface area contributed by atoms with Gasteiger partial charge in [0.25, 0.3) is 5.91 Å². The van der Waals surface area contributed by atoms with E-state index in [1.165, 1.54) is 17.1 Å². The summed E-state index contributed by atoms with van der Waals surface area (Å²) in [6.07, 6.45) is 1.47. The number of H-pyrrole nitrogens is 1. The Morgan fingerprint density at radius 1 is 1.39 bits per heavy atom. The van der Waals surface area contributed by atoms with Crippen molar-refractivity contribution in [2.24, 2.45) is 0 Å². The summed E-state index contributed by atoms with van der Waals surface area (Å²) in [5, 5.41) is 2.87. The molecule has 0 saturated heterocycles. The zero-order chi connectivity index (χ0) is 13.1. The van der Waals surface area contributed by atoms with Crippen LogP contribution in [-0.4, -0.2) is 10.9 Å². The number of rotatable bonds is 3. The summed E-state index contributed by atoms with van der Waals surface area (Å²) >= 11 is 1.65. The summed E-state index contributed by atoms with van der Waals surface area (Å²) in [6, 6.07) is 6.85. The van der Waals surface area contributed by atoms with Gasteiger partial charge >= 0.3 is 0 Å². The maximum Gasteiger partial charge on any atom is 0.252 e. The summed E-state index contributed by atoms with van der Waals surface area (Å²) in [7, 11) is 0. The number of nitrogens with one attached hydrogen (secondary N) is 2. The number of hydrogen-bond donors (Lipinski definition) is 2. The average Bonchev–Trinajstić information content (AvgIpc) is 2.76. The molecular formula is C13H14N2O2S. The molecule has 4 nitrogen and oxygen atoms in total. The molecule has 2 aromatic rings. The molecule has 1 amide bonds. The Morgan fingerprint density at radius 3 is 2.78 bits per heavy atom. The summed E-state index contributed by atoms with van der Waals surface area (Å²) in [5.74, 6) is -0.236. The van der Waals surface area contributed by atoms with Crippen molar-refractivity contribution in [2.45, 2.75) is 19.9 Å². The van der Waals surface area contributed by atoms with Crippen LogP contribution in [0.3, 0.4) is 0 Å². The number of hydrogen-bond acceptors (Lipinski definition) is 3. The second kappa shape index (κ2) is 5.18. The number of pyridine rings is 1. The van der Waals surface area contributed by atoms with Crippen molar-refractivity contribution in [3.63, 3.8) is 0 Å². The monoisotopic (exact) mass is 262 g/mol. The van der Waals surface area contributed by atoms with Crippen LogP contribution in [-0.2, 0) is 0 Å². The molecule has 94 valence electrons. The average molecular weight is 262 g/mol. The van der Waals surface area contributed by atoms with Crippen molar-refractivity contribution in [1.29, 1.82) is 0 Å². The van der Waals surface area contributed by atoms with Crippen LogP contribution in [0.15, 0.2) is 35.3 Å². The molecule has 2 N–H and O–H groups in total. The van der Waals surface area contributed by atoms with Crippen LogP contribution in [0.1, 0.15) is 33.1 Å². The lowest BCUT2D eigenvalue weighted by atomic mass is 10.2. The smallest absolute Gasteiger partial charge is 0.252 e. The van der Waals surface area contributed by atoms with Crippen LogP contribution in [0, 0.1) is 6.92 Å². The molecule has 18 heavy (non-hydrogen) atoms. The van der Waals surface area contributed by atoms with Crippen LogP contribution < -0.4 is 10.9 Å². The van der Waals surface area contributed by atoms with Gasteiger partial charge in [-0.15, -0.1) is 11.3 Å². The molecule has 5 heteroatoms. The molecule has 2 rings (SSSR count). The van der Waals surface area contributed by atoms with E-state index >= 15 is 0 Å². The third-order valence-corrected chi connectivity index (χ3v) is 3.76. The normalized spacial score (nSPS) is 12.1. The van der Waals surface area contributed by atoms with Gasteiger partial charge in [-0.3, -0.25) is 9.59 Å². The van der Waals surface area contributed by atoms with E-state index in [-0.39, 0.29) is 17.5 Å². The van der Waals surface area contributed by atoms with Crippen LogP contribution in [0.25, 0.3) is 0 Å². The van der Waals surface area contributed by atoms with Crippen molar-refractivity contribution in [3.05, 3.63) is 56.1 Å². The lowest BCUT2D eigenvalue weighted by molar-refractivity contribution is 0.0940. The molecule has 0 saturated carbocycles. The maximum absolute atomic E-state index is 11.9. The standard InChI is InChI=1S/C13H14N2O2S/c1-8-3-4-11(18-8)9(2)15-13(17)10-5-6-14-12(16)7-10/h3-7,9H,1-2H3,(H,14,16)(H,15,17). The third kappa shape index (κ3) is 2.87. The number of carbonyl (C=O) groups excluding carboxylic acids is 1. The molecule has 1 atom stereocenters. The highest BCUT2D eigenvalue weighted by molar-refractivity contribution is 7.12. The Kier molecular flexibility index (Phi) is 3.62. The number of thiophene rings is 1. The molecule has 0 aromatic carbocycles. The molecule has 2 aromatic heterocycles. The number of aromatic amines is 1. The highest BCUT2D eigenvalue weighted by Gasteiger charge is 2.12. The van der Waals surface area contributed by atoms with Crippen LogP contribution in [0.4, 0.5) is 0 Å². The van der Waals surface area contributed by atoms with Gasteiger partial charge in [0.2, 0.25) is 5.56 Å². The van der Waals surface area contributed by atoms with E-state index in [0.29, 0.717) is 5.56 Å². The van der Waals surface area contributed by atoms with E-state index < -0.39 is 0 Å². The van der Waals surface area contributed by atoms with Crippen molar-refractivity contribution in [2.75, 3.05) is 0 Å². The van der Waals surface area contributed by atoms with E-state index in [1.54, 1.807) is 17.4 Å². The number of aromatic nitrogens is 1. The van der Waals surface area contributed by atoms with Crippen molar-refractivity contribution in [3.8, 4) is 0 Å². The quantitative estimate of drug-likeness (QED) is 0.891. The Balaban J connectivity index is 2.10. The van der Waals surface area contributed by atoms with Gasteiger partial charge in [-0.25, -0.2) is 0 Å². The van der Waals surface area contributed by atoms with Crippen LogP contribution >= 0.6 is 11.3 Å². The molecule has 2 heterocycles. The number of carbonyl (C=O) groups is 1. The molecule has 1 unspecified atom stereocenters. The fraction of sp³-hybridized carbons (Fsp3) is 0.231. The summed E-state index contributed by atoms with van der Waals surface area (Å²) in [5.41, 5.74) is 0.0983. The Labute approximate surface area is 109 Å². The topological polar surface area (TPSA) is 62.0 Å². The van der Waals surface area contributed by atoms with E-state index in [2.05, 4.69) is 10.3 Å². The van der Waals surface area contributed by atoms with E-state index in [9.17, 15) is 9.59 Å². The fourth-order valence-corrected chi connectivity index (χ4v) is 2.50. The second-order valence-electron chi connectivity index (χ2n) is 4.09. The largest absolute Gasteiger partial charge is 0.345 e. The summed E-state index contributed by atoms with van der Waals surface area (Å²) in [6.45, 7) is 3.95. The predicted molar refractivity (Wildman–Crippen MR) is 72.0 cm³/mol. The Bertz CT molecular complexity index is 615. The second-order valence-corrected chi connectivity index (χ2v) is 5.40. The molecule has 0 spiro atoms. The first-order chi connectivity index (χ1) is 8.56. The minimum Gasteiger partial charge on any atom is -0.345 e. The van der Waals surface area contributed by atoms with Gasteiger partial charge in [0.1, 0.15) is 0 Å².